The van der Waals surface area contributed by atoms with E-state index in [9.17, 15) is 4.79 Å². The number of piperidine rings is 1. The van der Waals surface area contributed by atoms with Crippen LogP contribution >= 0.6 is 0 Å². The molecule has 30 heavy (non-hydrogen) atoms. The zero-order chi connectivity index (χ0) is 21.4. The molecular weight excluding hydrogens is 380 g/mol. The predicted molar refractivity (Wildman–Crippen MR) is 116 cm³/mol. The van der Waals surface area contributed by atoms with Crippen molar-refractivity contribution in [3.8, 4) is 0 Å². The van der Waals surface area contributed by atoms with Crippen LogP contribution in [0.5, 0.6) is 0 Å². The molecule has 3 fully saturated rings. The summed E-state index contributed by atoms with van der Waals surface area (Å²) in [4.78, 5) is 22.0. The lowest BCUT2D eigenvalue weighted by Gasteiger charge is -2.43. The van der Waals surface area contributed by atoms with Gasteiger partial charge in [0.1, 0.15) is 11.1 Å². The zero-order valence-corrected chi connectivity index (χ0v) is 18.6. The Hall–Kier alpha value is -1.86. The fourth-order valence-electron chi connectivity index (χ4n) is 4.43. The molecule has 2 N–H and O–H groups in total. The SMILES string of the molecule is CC(C)(C)OC(=O)N(CC1CCC1)[C@@H]1CCCN(c2ccc(C3(N)COC3)nc2)C1. The quantitative estimate of drug-likeness (QED) is 0.793. The molecule has 2 aliphatic heterocycles. The van der Waals surface area contributed by atoms with Gasteiger partial charge < -0.3 is 25.0 Å². The first-order chi connectivity index (χ1) is 14.2. The van der Waals surface area contributed by atoms with Crippen LogP contribution in [-0.2, 0) is 15.0 Å². The molecule has 1 aliphatic carbocycles. The molecule has 1 atom stereocenters. The number of anilines is 1. The molecule has 0 unspecified atom stereocenters. The number of amides is 1. The van der Waals surface area contributed by atoms with Crippen molar-refractivity contribution in [1.29, 1.82) is 0 Å². The Morgan fingerprint density at radius 1 is 1.30 bits per heavy atom. The summed E-state index contributed by atoms with van der Waals surface area (Å²) in [6.45, 7) is 9.44. The van der Waals surface area contributed by atoms with E-state index in [1.165, 1.54) is 19.3 Å². The van der Waals surface area contributed by atoms with Crippen LogP contribution in [0.1, 0.15) is 58.6 Å². The van der Waals surface area contributed by atoms with Gasteiger partial charge >= 0.3 is 6.09 Å². The van der Waals surface area contributed by atoms with Crippen LogP contribution in [0.3, 0.4) is 0 Å². The van der Waals surface area contributed by atoms with Gasteiger partial charge in [-0.2, -0.15) is 0 Å². The lowest BCUT2D eigenvalue weighted by molar-refractivity contribution is -0.0590. The first-order valence-corrected chi connectivity index (χ1v) is 11.3. The minimum atomic E-state index is -0.480. The number of carbonyl (C=O) groups is 1. The van der Waals surface area contributed by atoms with Crippen molar-refractivity contribution < 1.29 is 14.3 Å². The van der Waals surface area contributed by atoms with Gasteiger partial charge in [-0.25, -0.2) is 4.79 Å². The van der Waals surface area contributed by atoms with E-state index in [-0.39, 0.29) is 12.1 Å². The number of nitrogens with two attached hydrogens (primary N) is 1. The number of aromatic nitrogens is 1. The number of ether oxygens (including phenoxy) is 2. The van der Waals surface area contributed by atoms with Crippen LogP contribution in [0, 0.1) is 5.92 Å². The Morgan fingerprint density at radius 2 is 2.07 bits per heavy atom. The number of hydrogen-bond donors (Lipinski definition) is 1. The Kier molecular flexibility index (Phi) is 5.95. The van der Waals surface area contributed by atoms with E-state index in [4.69, 9.17) is 15.2 Å². The summed E-state index contributed by atoms with van der Waals surface area (Å²) in [5.74, 6) is 0.610. The molecule has 7 heteroatoms. The molecular formula is C23H36N4O3. The van der Waals surface area contributed by atoms with Gasteiger partial charge in [-0.05, 0) is 64.5 Å². The Morgan fingerprint density at radius 3 is 2.60 bits per heavy atom. The van der Waals surface area contributed by atoms with E-state index in [1.54, 1.807) is 0 Å². The van der Waals surface area contributed by atoms with Gasteiger partial charge in [-0.15, -0.1) is 0 Å². The van der Waals surface area contributed by atoms with E-state index < -0.39 is 11.1 Å². The first-order valence-electron chi connectivity index (χ1n) is 11.3. The Balaban J connectivity index is 1.45. The molecule has 3 heterocycles. The largest absolute Gasteiger partial charge is 0.444 e. The molecule has 1 saturated carbocycles. The number of carbonyl (C=O) groups excluding carboxylic acids is 1. The van der Waals surface area contributed by atoms with Crippen LogP contribution in [0.4, 0.5) is 10.5 Å². The Labute approximate surface area is 179 Å². The average Bonchev–Trinajstić information content (AvgIpc) is 2.64. The molecule has 2 saturated heterocycles. The number of rotatable bonds is 5. The maximum atomic E-state index is 13.0. The summed E-state index contributed by atoms with van der Waals surface area (Å²) < 4.78 is 11.0. The van der Waals surface area contributed by atoms with Gasteiger partial charge in [-0.1, -0.05) is 6.42 Å². The highest BCUT2D eigenvalue weighted by Gasteiger charge is 2.38. The molecule has 1 aromatic rings. The number of hydrogen-bond acceptors (Lipinski definition) is 6. The molecule has 0 radical (unpaired) electrons. The average molecular weight is 417 g/mol. The standard InChI is InChI=1S/C23H36N4O3/c1-22(2,3)30-21(28)27(13-17-6-4-7-17)19-8-5-11-26(14-19)18-9-10-20(25-12-18)23(24)15-29-16-23/h9-10,12,17,19H,4-8,11,13-16,24H2,1-3H3/t19-/m1/s1. The van der Waals surface area contributed by atoms with Crippen LogP contribution in [0.2, 0.25) is 0 Å². The van der Waals surface area contributed by atoms with Crippen LogP contribution in [0.25, 0.3) is 0 Å². The normalized spacial score (nSPS) is 24.0. The molecule has 1 amide bonds. The lowest BCUT2D eigenvalue weighted by atomic mass is 9.84. The first kappa shape index (κ1) is 21.4. The van der Waals surface area contributed by atoms with Gasteiger partial charge in [0.2, 0.25) is 0 Å². The minimum Gasteiger partial charge on any atom is -0.444 e. The smallest absolute Gasteiger partial charge is 0.410 e. The highest BCUT2D eigenvalue weighted by Crippen LogP contribution is 2.31. The van der Waals surface area contributed by atoms with E-state index in [2.05, 4.69) is 16.0 Å². The minimum absolute atomic E-state index is 0.162. The highest BCUT2D eigenvalue weighted by atomic mass is 16.6. The van der Waals surface area contributed by atoms with Crippen molar-refractivity contribution in [2.75, 3.05) is 37.7 Å². The summed E-state index contributed by atoms with van der Waals surface area (Å²) in [5, 5.41) is 0. The van der Waals surface area contributed by atoms with Gasteiger partial charge in [-0.3, -0.25) is 4.98 Å². The summed E-state index contributed by atoms with van der Waals surface area (Å²) in [5.41, 5.74) is 7.34. The van der Waals surface area contributed by atoms with Gasteiger partial charge in [0.15, 0.2) is 0 Å². The second kappa shape index (κ2) is 8.35. The van der Waals surface area contributed by atoms with Crippen molar-refractivity contribution >= 4 is 11.8 Å². The van der Waals surface area contributed by atoms with E-state index in [0.717, 1.165) is 43.9 Å². The maximum absolute atomic E-state index is 13.0. The summed E-state index contributed by atoms with van der Waals surface area (Å²) in [6.07, 6.45) is 7.49. The van der Waals surface area contributed by atoms with Crippen molar-refractivity contribution in [3.63, 3.8) is 0 Å². The fraction of sp³-hybridized carbons (Fsp3) is 0.739. The number of pyridine rings is 1. The lowest BCUT2D eigenvalue weighted by Crippen LogP contribution is -2.55. The van der Waals surface area contributed by atoms with E-state index >= 15 is 0 Å². The Bertz CT molecular complexity index is 738. The van der Waals surface area contributed by atoms with Gasteiger partial charge in [0.05, 0.1) is 36.8 Å². The molecule has 4 rings (SSSR count). The monoisotopic (exact) mass is 416 g/mol. The third-order valence-electron chi connectivity index (χ3n) is 6.49. The van der Waals surface area contributed by atoms with E-state index in [1.807, 2.05) is 37.9 Å². The van der Waals surface area contributed by atoms with Crippen LogP contribution in [-0.4, -0.2) is 60.5 Å². The van der Waals surface area contributed by atoms with Crippen LogP contribution in [0.15, 0.2) is 18.3 Å². The molecule has 166 valence electrons. The molecule has 0 bridgehead atoms. The third-order valence-corrected chi connectivity index (χ3v) is 6.49. The van der Waals surface area contributed by atoms with Crippen LogP contribution < -0.4 is 10.6 Å². The van der Waals surface area contributed by atoms with Crippen molar-refractivity contribution in [3.05, 3.63) is 24.0 Å². The second-order valence-electron chi connectivity index (χ2n) is 10.2. The summed E-state index contributed by atoms with van der Waals surface area (Å²) >= 11 is 0. The van der Waals surface area contributed by atoms with Crippen molar-refractivity contribution in [2.45, 2.75) is 70.1 Å². The number of nitrogens with zero attached hydrogens (tertiary/aromatic N) is 3. The highest BCUT2D eigenvalue weighted by molar-refractivity contribution is 5.69. The topological polar surface area (TPSA) is 80.9 Å². The zero-order valence-electron chi connectivity index (χ0n) is 18.6. The fourth-order valence-corrected chi connectivity index (χ4v) is 4.43. The molecule has 0 spiro atoms. The maximum Gasteiger partial charge on any atom is 0.410 e. The van der Waals surface area contributed by atoms with E-state index in [0.29, 0.717) is 19.1 Å². The molecule has 3 aliphatic rings. The van der Waals surface area contributed by atoms with Gasteiger partial charge in [0, 0.05) is 19.6 Å². The summed E-state index contributed by atoms with van der Waals surface area (Å²) in [6, 6.07) is 4.28. The van der Waals surface area contributed by atoms with Crippen molar-refractivity contribution in [1.82, 2.24) is 9.88 Å². The van der Waals surface area contributed by atoms with Crippen molar-refractivity contribution in [2.24, 2.45) is 11.7 Å². The third kappa shape index (κ3) is 4.72. The predicted octanol–water partition coefficient (Wildman–Crippen LogP) is 3.27. The summed E-state index contributed by atoms with van der Waals surface area (Å²) in [7, 11) is 0. The molecule has 7 nitrogen and oxygen atoms in total. The molecule has 1 aromatic heterocycles. The molecule has 0 aromatic carbocycles. The second-order valence-corrected chi connectivity index (χ2v) is 10.2. The van der Waals surface area contributed by atoms with Gasteiger partial charge in [0.25, 0.3) is 0 Å².